The van der Waals surface area contributed by atoms with E-state index >= 15 is 0 Å². The first-order valence-corrected chi connectivity index (χ1v) is 5.42. The van der Waals surface area contributed by atoms with Crippen molar-refractivity contribution in [3.05, 3.63) is 32.5 Å². The van der Waals surface area contributed by atoms with Gasteiger partial charge in [0.25, 0.3) is 0 Å². The van der Waals surface area contributed by atoms with Crippen molar-refractivity contribution >= 4 is 50.2 Å². The summed E-state index contributed by atoms with van der Waals surface area (Å²) in [5.41, 5.74) is 2.56. The quantitative estimate of drug-likeness (QED) is 0.733. The van der Waals surface area contributed by atoms with Gasteiger partial charge in [-0.2, -0.15) is 0 Å². The number of fused-ring (bicyclic) bond motifs is 1. The number of hydrogen-bond acceptors (Lipinski definition) is 2. The van der Waals surface area contributed by atoms with Crippen molar-refractivity contribution in [3.8, 4) is 0 Å². The summed E-state index contributed by atoms with van der Waals surface area (Å²) >= 11 is 14.9. The fourth-order valence-corrected chi connectivity index (χ4v) is 2.12. The Balaban J connectivity index is 2.89. The number of rotatable bonds is 0. The van der Waals surface area contributed by atoms with Crippen LogP contribution in [-0.2, 0) is 0 Å². The third kappa shape index (κ3) is 1.72. The van der Waals surface area contributed by atoms with E-state index in [9.17, 15) is 0 Å². The monoisotopic (exact) mass is 290 g/mol. The summed E-state index contributed by atoms with van der Waals surface area (Å²) < 4.78 is 0.874. The molecule has 0 unspecified atom stereocenters. The first-order chi connectivity index (χ1) is 6.58. The molecular weight excluding hydrogens is 287 g/mol. The van der Waals surface area contributed by atoms with Crippen LogP contribution in [0, 0.1) is 6.92 Å². The molecule has 2 aromatic rings. The van der Waals surface area contributed by atoms with Gasteiger partial charge < -0.3 is 0 Å². The number of hydrogen-bond donors (Lipinski definition) is 0. The second-order valence-corrected chi connectivity index (χ2v) is 4.49. The van der Waals surface area contributed by atoms with E-state index in [2.05, 4.69) is 25.9 Å². The summed E-state index contributed by atoms with van der Waals surface area (Å²) in [6.45, 7) is 1.98. The van der Waals surface area contributed by atoms with Crippen molar-refractivity contribution in [3.63, 3.8) is 0 Å². The second-order valence-electron chi connectivity index (χ2n) is 2.92. The lowest BCUT2D eigenvalue weighted by Crippen LogP contribution is -1.88. The molecule has 0 radical (unpaired) electrons. The minimum Gasteiger partial charge on any atom is -0.231 e. The third-order valence-electron chi connectivity index (χ3n) is 1.79. The molecule has 1 aromatic heterocycles. The van der Waals surface area contributed by atoms with Crippen molar-refractivity contribution in [2.24, 2.45) is 0 Å². The van der Waals surface area contributed by atoms with Gasteiger partial charge in [-0.15, -0.1) is 0 Å². The smallest absolute Gasteiger partial charge is 0.167 e. The Labute approximate surface area is 99.4 Å². The maximum atomic E-state index is 5.77. The van der Waals surface area contributed by atoms with Gasteiger partial charge in [0.15, 0.2) is 10.3 Å². The molecule has 0 saturated carbocycles. The summed E-state index contributed by atoms with van der Waals surface area (Å²) in [6, 6.07) is 3.87. The molecule has 0 fully saturated rings. The Morgan fingerprint density at radius 2 is 1.79 bits per heavy atom. The predicted octanol–water partition coefficient (Wildman–Crippen LogP) is 4.01. The van der Waals surface area contributed by atoms with Crippen LogP contribution in [0.15, 0.2) is 16.6 Å². The first kappa shape index (κ1) is 10.1. The van der Waals surface area contributed by atoms with E-state index in [1.807, 2.05) is 19.1 Å². The molecule has 0 amide bonds. The van der Waals surface area contributed by atoms with Crippen LogP contribution in [-0.4, -0.2) is 9.97 Å². The van der Waals surface area contributed by atoms with Crippen LogP contribution in [0.3, 0.4) is 0 Å². The Bertz CT molecular complexity index is 514. The molecule has 0 aliphatic carbocycles. The van der Waals surface area contributed by atoms with Crippen LogP contribution in [0.2, 0.25) is 10.3 Å². The number of halogens is 3. The van der Waals surface area contributed by atoms with Gasteiger partial charge in [0, 0.05) is 4.47 Å². The van der Waals surface area contributed by atoms with Crippen LogP contribution in [0.1, 0.15) is 5.56 Å². The molecule has 2 nitrogen and oxygen atoms in total. The summed E-state index contributed by atoms with van der Waals surface area (Å²) in [4.78, 5) is 8.28. The molecule has 0 spiro atoms. The summed E-state index contributed by atoms with van der Waals surface area (Å²) in [5, 5.41) is 0.459. The van der Waals surface area contributed by atoms with E-state index in [1.165, 1.54) is 0 Å². The fraction of sp³-hybridized carbons (Fsp3) is 0.111. The number of nitrogens with zero attached hydrogens (tertiary/aromatic N) is 2. The van der Waals surface area contributed by atoms with Crippen molar-refractivity contribution < 1.29 is 0 Å². The van der Waals surface area contributed by atoms with Gasteiger partial charge in [-0.05, 0) is 40.5 Å². The standard InChI is InChI=1S/C9H5BrCl2N2/c1-4-2-5(10)7-6(3-4)13-8(11)9(12)14-7/h2-3H,1H3. The molecule has 0 aliphatic heterocycles. The van der Waals surface area contributed by atoms with E-state index < -0.39 is 0 Å². The molecular formula is C9H5BrCl2N2. The Kier molecular flexibility index (Phi) is 2.64. The molecule has 5 heteroatoms. The zero-order valence-electron chi connectivity index (χ0n) is 7.18. The molecule has 1 aromatic carbocycles. The van der Waals surface area contributed by atoms with E-state index in [1.54, 1.807) is 0 Å². The van der Waals surface area contributed by atoms with E-state index in [0.29, 0.717) is 0 Å². The van der Waals surface area contributed by atoms with Crippen LogP contribution >= 0.6 is 39.1 Å². The van der Waals surface area contributed by atoms with Crippen molar-refractivity contribution in [1.29, 1.82) is 0 Å². The maximum absolute atomic E-state index is 5.77. The fourth-order valence-electron chi connectivity index (χ4n) is 1.21. The van der Waals surface area contributed by atoms with Gasteiger partial charge in [0.2, 0.25) is 0 Å². The normalized spacial score (nSPS) is 10.9. The van der Waals surface area contributed by atoms with Gasteiger partial charge in [-0.3, -0.25) is 0 Å². The average Bonchev–Trinajstić information content (AvgIpc) is 2.08. The summed E-state index contributed by atoms with van der Waals surface area (Å²) in [6.07, 6.45) is 0. The molecule has 1 heterocycles. The molecule has 14 heavy (non-hydrogen) atoms. The molecule has 2 rings (SSSR count). The Morgan fingerprint density at radius 3 is 2.50 bits per heavy atom. The highest BCUT2D eigenvalue weighted by molar-refractivity contribution is 9.10. The Hall–Kier alpha value is -0.380. The highest BCUT2D eigenvalue weighted by Crippen LogP contribution is 2.27. The lowest BCUT2D eigenvalue weighted by atomic mass is 10.2. The number of benzene rings is 1. The van der Waals surface area contributed by atoms with Crippen LogP contribution in [0.25, 0.3) is 11.0 Å². The zero-order chi connectivity index (χ0) is 10.3. The van der Waals surface area contributed by atoms with Gasteiger partial charge in [-0.1, -0.05) is 23.2 Å². The highest BCUT2D eigenvalue weighted by Gasteiger charge is 2.07. The minimum absolute atomic E-state index is 0.226. The van der Waals surface area contributed by atoms with Crippen LogP contribution in [0.5, 0.6) is 0 Å². The molecule has 0 atom stereocenters. The average molecular weight is 292 g/mol. The van der Waals surface area contributed by atoms with E-state index in [0.717, 1.165) is 21.1 Å². The Morgan fingerprint density at radius 1 is 1.14 bits per heavy atom. The van der Waals surface area contributed by atoms with E-state index in [-0.39, 0.29) is 10.3 Å². The summed E-state index contributed by atoms with van der Waals surface area (Å²) in [5.74, 6) is 0. The van der Waals surface area contributed by atoms with Gasteiger partial charge >= 0.3 is 0 Å². The maximum Gasteiger partial charge on any atom is 0.167 e. The van der Waals surface area contributed by atoms with Crippen molar-refractivity contribution in [2.45, 2.75) is 6.92 Å². The topological polar surface area (TPSA) is 25.8 Å². The van der Waals surface area contributed by atoms with E-state index in [4.69, 9.17) is 23.2 Å². The molecule has 0 saturated heterocycles. The molecule has 0 N–H and O–H groups in total. The van der Waals surface area contributed by atoms with Gasteiger partial charge in [0.05, 0.1) is 5.52 Å². The minimum atomic E-state index is 0.226. The molecule has 0 aliphatic rings. The van der Waals surface area contributed by atoms with Gasteiger partial charge in [-0.25, -0.2) is 9.97 Å². The van der Waals surface area contributed by atoms with Crippen LogP contribution < -0.4 is 0 Å². The third-order valence-corrected chi connectivity index (χ3v) is 3.01. The SMILES string of the molecule is Cc1cc(Br)c2nc(Cl)c(Cl)nc2c1. The second kappa shape index (κ2) is 3.65. The lowest BCUT2D eigenvalue weighted by Gasteiger charge is -2.02. The van der Waals surface area contributed by atoms with Crippen molar-refractivity contribution in [2.75, 3.05) is 0 Å². The zero-order valence-corrected chi connectivity index (χ0v) is 10.3. The predicted molar refractivity (Wildman–Crippen MR) is 62.0 cm³/mol. The largest absolute Gasteiger partial charge is 0.231 e. The highest BCUT2D eigenvalue weighted by atomic mass is 79.9. The number of aryl methyl sites for hydroxylation is 1. The lowest BCUT2D eigenvalue weighted by molar-refractivity contribution is 1.28. The van der Waals surface area contributed by atoms with Gasteiger partial charge in [0.1, 0.15) is 5.52 Å². The van der Waals surface area contributed by atoms with Crippen LogP contribution in [0.4, 0.5) is 0 Å². The van der Waals surface area contributed by atoms with Crippen molar-refractivity contribution in [1.82, 2.24) is 9.97 Å². The summed E-state index contributed by atoms with van der Waals surface area (Å²) in [7, 11) is 0. The molecule has 72 valence electrons. The molecule has 0 bridgehead atoms. The number of aromatic nitrogens is 2. The first-order valence-electron chi connectivity index (χ1n) is 3.87.